The molecule has 0 N–H and O–H groups in total. The molecule has 0 radical (unpaired) electrons. The van der Waals surface area contributed by atoms with Gasteiger partial charge in [-0.25, -0.2) is 0 Å². The minimum absolute atomic E-state index is 0.237. The van der Waals surface area contributed by atoms with E-state index in [2.05, 4.69) is 38.7 Å². The number of carbonyl (C=O) groups is 1. The van der Waals surface area contributed by atoms with Gasteiger partial charge in [0.1, 0.15) is 0 Å². The van der Waals surface area contributed by atoms with Gasteiger partial charge >= 0.3 is 0 Å². The molecule has 0 aromatic heterocycles. The number of fused-ring (bicyclic) bond motifs is 5. The van der Waals surface area contributed by atoms with Crippen molar-refractivity contribution in [1.29, 1.82) is 0 Å². The molecule has 4 rings (SSSR count). The molecule has 0 aromatic rings. The Bertz CT molecular complexity index is 583. The third kappa shape index (κ3) is 1.74. The van der Waals surface area contributed by atoms with Crippen molar-refractivity contribution in [1.82, 2.24) is 0 Å². The standard InChI is InChI=1S/C21H28O/c1-4-14-6-8-18-17-7-5-15-13-16(22)9-11-21(15,3)19(17)10-12-20(14,18)2/h4-5,7,13-14,17-19H,1,6,8-12H2,2-3H3/t14?,17?,18?,19?,20-,21+/m1/s1. The van der Waals surface area contributed by atoms with Crippen molar-refractivity contribution in [2.75, 3.05) is 0 Å². The van der Waals surface area contributed by atoms with Gasteiger partial charge in [-0.2, -0.15) is 0 Å². The van der Waals surface area contributed by atoms with E-state index >= 15 is 0 Å². The van der Waals surface area contributed by atoms with Gasteiger partial charge in [0.25, 0.3) is 0 Å². The molecular formula is C21H28O. The SMILES string of the molecule is C=CC1CCC2C3C=CC4=CC(=O)CC[C@]4(C)C3CC[C@]12C. The summed E-state index contributed by atoms with van der Waals surface area (Å²) in [5, 5.41) is 0. The van der Waals surface area contributed by atoms with Gasteiger partial charge in [-0.15, -0.1) is 6.58 Å². The van der Waals surface area contributed by atoms with E-state index in [9.17, 15) is 4.79 Å². The number of rotatable bonds is 1. The lowest BCUT2D eigenvalue weighted by Crippen LogP contribution is -2.48. The third-order valence-corrected chi connectivity index (χ3v) is 7.87. The van der Waals surface area contributed by atoms with Gasteiger partial charge in [0.15, 0.2) is 5.78 Å². The Labute approximate surface area is 134 Å². The van der Waals surface area contributed by atoms with Crippen molar-refractivity contribution in [3.8, 4) is 0 Å². The maximum absolute atomic E-state index is 11.8. The highest BCUT2D eigenvalue weighted by atomic mass is 16.1. The zero-order valence-corrected chi connectivity index (χ0v) is 14.0. The second-order valence-corrected chi connectivity index (χ2v) is 8.60. The first-order valence-corrected chi connectivity index (χ1v) is 9.05. The Balaban J connectivity index is 1.74. The molecule has 1 nitrogen and oxygen atoms in total. The van der Waals surface area contributed by atoms with Gasteiger partial charge in [-0.05, 0) is 78.3 Å². The van der Waals surface area contributed by atoms with Crippen LogP contribution >= 0.6 is 0 Å². The molecule has 118 valence electrons. The lowest BCUT2D eigenvalue weighted by molar-refractivity contribution is -0.116. The zero-order chi connectivity index (χ0) is 15.5. The average molecular weight is 296 g/mol. The lowest BCUT2D eigenvalue weighted by atomic mass is 9.48. The van der Waals surface area contributed by atoms with Gasteiger partial charge < -0.3 is 0 Å². The van der Waals surface area contributed by atoms with Crippen molar-refractivity contribution in [3.05, 3.63) is 36.5 Å². The van der Waals surface area contributed by atoms with Crippen molar-refractivity contribution >= 4 is 5.78 Å². The summed E-state index contributed by atoms with van der Waals surface area (Å²) in [6.45, 7) is 9.04. The van der Waals surface area contributed by atoms with Crippen LogP contribution < -0.4 is 0 Å². The first-order chi connectivity index (χ1) is 10.5. The van der Waals surface area contributed by atoms with Crippen LogP contribution in [0.2, 0.25) is 0 Å². The van der Waals surface area contributed by atoms with E-state index < -0.39 is 0 Å². The number of carbonyl (C=O) groups excluding carboxylic acids is 1. The Hall–Kier alpha value is -1.11. The number of hydrogen-bond acceptors (Lipinski definition) is 1. The van der Waals surface area contributed by atoms with E-state index in [4.69, 9.17) is 0 Å². The van der Waals surface area contributed by atoms with E-state index in [1.54, 1.807) is 0 Å². The highest BCUT2D eigenvalue weighted by Gasteiger charge is 2.57. The molecule has 0 amide bonds. The maximum atomic E-state index is 11.8. The first-order valence-electron chi connectivity index (χ1n) is 9.05. The highest BCUT2D eigenvalue weighted by molar-refractivity contribution is 5.92. The van der Waals surface area contributed by atoms with Gasteiger partial charge in [-0.3, -0.25) is 4.79 Å². The number of ketones is 1. The molecule has 0 saturated heterocycles. The monoisotopic (exact) mass is 296 g/mol. The predicted molar refractivity (Wildman–Crippen MR) is 90.3 cm³/mol. The number of allylic oxidation sites excluding steroid dienone is 5. The molecule has 22 heavy (non-hydrogen) atoms. The molecular weight excluding hydrogens is 268 g/mol. The van der Waals surface area contributed by atoms with E-state index in [0.29, 0.717) is 23.0 Å². The Morgan fingerprint density at radius 1 is 1.18 bits per heavy atom. The van der Waals surface area contributed by atoms with Crippen molar-refractivity contribution < 1.29 is 4.79 Å². The van der Waals surface area contributed by atoms with Crippen molar-refractivity contribution in [2.24, 2.45) is 34.5 Å². The summed E-state index contributed by atoms with van der Waals surface area (Å²) < 4.78 is 0. The first kappa shape index (κ1) is 14.5. The molecule has 4 aliphatic rings. The predicted octanol–water partition coefficient (Wildman–Crippen LogP) is 5.10. The summed E-state index contributed by atoms with van der Waals surface area (Å²) in [6.07, 6.45) is 16.0. The summed E-state index contributed by atoms with van der Waals surface area (Å²) in [5.74, 6) is 3.27. The largest absolute Gasteiger partial charge is 0.295 e. The normalized spacial score (nSPS) is 49.9. The quantitative estimate of drug-likeness (QED) is 0.615. The van der Waals surface area contributed by atoms with Gasteiger partial charge in [-0.1, -0.05) is 32.1 Å². The van der Waals surface area contributed by atoms with Crippen molar-refractivity contribution in [3.63, 3.8) is 0 Å². The molecule has 0 aliphatic heterocycles. The van der Waals surface area contributed by atoms with Gasteiger partial charge in [0.2, 0.25) is 0 Å². The summed E-state index contributed by atoms with van der Waals surface area (Å²) in [5.41, 5.74) is 2.00. The summed E-state index contributed by atoms with van der Waals surface area (Å²) in [6, 6.07) is 0. The third-order valence-electron chi connectivity index (χ3n) is 7.87. The van der Waals surface area contributed by atoms with Crippen LogP contribution in [-0.2, 0) is 4.79 Å². The summed E-state index contributed by atoms with van der Waals surface area (Å²) in [4.78, 5) is 11.8. The minimum atomic E-state index is 0.237. The topological polar surface area (TPSA) is 17.1 Å². The molecule has 2 saturated carbocycles. The fourth-order valence-electron chi connectivity index (χ4n) is 6.42. The molecule has 2 fully saturated rings. The molecule has 6 atom stereocenters. The van der Waals surface area contributed by atoms with E-state index in [0.717, 1.165) is 24.7 Å². The van der Waals surface area contributed by atoms with Crippen LogP contribution in [0.25, 0.3) is 0 Å². The molecule has 0 aromatic carbocycles. The molecule has 4 aliphatic carbocycles. The lowest BCUT2D eigenvalue weighted by Gasteiger charge is -2.55. The highest BCUT2D eigenvalue weighted by Crippen LogP contribution is 2.65. The van der Waals surface area contributed by atoms with Crippen LogP contribution in [0.15, 0.2) is 36.5 Å². The molecule has 4 unspecified atom stereocenters. The summed E-state index contributed by atoms with van der Waals surface area (Å²) in [7, 11) is 0. The fourth-order valence-corrected chi connectivity index (χ4v) is 6.42. The van der Waals surface area contributed by atoms with E-state index in [1.807, 2.05) is 6.08 Å². The van der Waals surface area contributed by atoms with Crippen LogP contribution in [0.5, 0.6) is 0 Å². The van der Waals surface area contributed by atoms with Crippen molar-refractivity contribution in [2.45, 2.75) is 52.4 Å². The van der Waals surface area contributed by atoms with Gasteiger partial charge in [0, 0.05) is 6.42 Å². The van der Waals surface area contributed by atoms with E-state index in [1.165, 1.54) is 31.3 Å². The Kier molecular flexibility index (Phi) is 3.09. The van der Waals surface area contributed by atoms with Crippen LogP contribution in [0, 0.1) is 34.5 Å². The van der Waals surface area contributed by atoms with Crippen LogP contribution in [-0.4, -0.2) is 5.78 Å². The second kappa shape index (κ2) is 4.69. The van der Waals surface area contributed by atoms with Crippen LogP contribution in [0.4, 0.5) is 0 Å². The van der Waals surface area contributed by atoms with Crippen LogP contribution in [0.3, 0.4) is 0 Å². The Morgan fingerprint density at radius 2 is 2.00 bits per heavy atom. The number of hydrogen-bond donors (Lipinski definition) is 0. The van der Waals surface area contributed by atoms with Crippen LogP contribution in [0.1, 0.15) is 52.4 Å². The maximum Gasteiger partial charge on any atom is 0.156 e. The van der Waals surface area contributed by atoms with E-state index in [-0.39, 0.29) is 5.41 Å². The zero-order valence-electron chi connectivity index (χ0n) is 14.0. The molecule has 0 bridgehead atoms. The summed E-state index contributed by atoms with van der Waals surface area (Å²) >= 11 is 0. The molecule has 1 heteroatoms. The molecule has 0 spiro atoms. The second-order valence-electron chi connectivity index (χ2n) is 8.60. The Morgan fingerprint density at radius 3 is 2.77 bits per heavy atom. The molecule has 0 heterocycles. The fraction of sp³-hybridized carbons (Fsp3) is 0.667. The average Bonchev–Trinajstić information content (AvgIpc) is 2.84. The smallest absolute Gasteiger partial charge is 0.156 e. The van der Waals surface area contributed by atoms with Gasteiger partial charge in [0.05, 0.1) is 0 Å². The minimum Gasteiger partial charge on any atom is -0.295 e.